The van der Waals surface area contributed by atoms with Crippen LogP contribution >= 0.6 is 23.2 Å². The van der Waals surface area contributed by atoms with E-state index in [4.69, 9.17) is 28.9 Å². The van der Waals surface area contributed by atoms with Crippen molar-refractivity contribution in [1.82, 2.24) is 9.78 Å². The summed E-state index contributed by atoms with van der Waals surface area (Å²) in [5.74, 6) is 0.607. The number of hydrogen-bond donors (Lipinski definition) is 1. The number of nitrogens with zero attached hydrogens (tertiary/aromatic N) is 2. The van der Waals surface area contributed by atoms with E-state index in [0.29, 0.717) is 15.9 Å². The van der Waals surface area contributed by atoms with Crippen LogP contribution in [0.4, 0.5) is 5.82 Å². The van der Waals surface area contributed by atoms with Gasteiger partial charge in [-0.25, -0.2) is 4.68 Å². The molecular formula is C13H13Cl2N3. The molecule has 0 unspecified atom stereocenters. The quantitative estimate of drug-likeness (QED) is 0.869. The van der Waals surface area contributed by atoms with Gasteiger partial charge in [-0.15, -0.1) is 0 Å². The second-order valence-corrected chi connectivity index (χ2v) is 5.44. The fourth-order valence-electron chi connectivity index (χ4n) is 2.46. The number of nitrogen functional groups attached to an aromatic ring is 1. The zero-order chi connectivity index (χ0) is 12.9. The van der Waals surface area contributed by atoms with Gasteiger partial charge in [0.05, 0.1) is 10.7 Å². The summed E-state index contributed by atoms with van der Waals surface area (Å²) in [7, 11) is 0. The van der Waals surface area contributed by atoms with E-state index in [2.05, 4.69) is 5.10 Å². The van der Waals surface area contributed by atoms with Crippen molar-refractivity contribution < 1.29 is 0 Å². The first kappa shape index (κ1) is 11.9. The highest BCUT2D eigenvalue weighted by Gasteiger charge is 2.22. The molecule has 0 saturated carbocycles. The number of aromatic nitrogens is 2. The van der Waals surface area contributed by atoms with E-state index in [0.717, 1.165) is 41.8 Å². The molecule has 5 heteroatoms. The smallest absolute Gasteiger partial charge is 0.149 e. The van der Waals surface area contributed by atoms with Crippen LogP contribution < -0.4 is 5.73 Å². The highest BCUT2D eigenvalue weighted by molar-refractivity contribution is 6.35. The minimum Gasteiger partial charge on any atom is -0.382 e. The first-order valence-electron chi connectivity index (χ1n) is 5.90. The predicted molar refractivity (Wildman–Crippen MR) is 74.8 cm³/mol. The molecule has 0 spiro atoms. The third-order valence-electron chi connectivity index (χ3n) is 3.42. The van der Waals surface area contributed by atoms with Gasteiger partial charge in [-0.1, -0.05) is 23.2 Å². The van der Waals surface area contributed by atoms with Gasteiger partial charge in [0.1, 0.15) is 5.82 Å². The number of rotatable bonds is 1. The van der Waals surface area contributed by atoms with Crippen molar-refractivity contribution in [3.05, 3.63) is 39.0 Å². The normalized spacial score (nSPS) is 13.9. The van der Waals surface area contributed by atoms with E-state index in [9.17, 15) is 0 Å². The van der Waals surface area contributed by atoms with Crippen LogP contribution in [0.1, 0.15) is 23.2 Å². The number of fused-ring (bicyclic) bond motifs is 1. The largest absolute Gasteiger partial charge is 0.382 e. The molecule has 2 N–H and O–H groups in total. The molecule has 0 amide bonds. The maximum Gasteiger partial charge on any atom is 0.149 e. The second kappa shape index (κ2) is 4.18. The van der Waals surface area contributed by atoms with E-state index in [1.54, 1.807) is 0 Å². The van der Waals surface area contributed by atoms with Crippen LogP contribution in [-0.4, -0.2) is 9.78 Å². The van der Waals surface area contributed by atoms with Crippen molar-refractivity contribution in [1.29, 1.82) is 0 Å². The van der Waals surface area contributed by atoms with Gasteiger partial charge in [-0.05, 0) is 43.9 Å². The van der Waals surface area contributed by atoms with Gasteiger partial charge in [0.15, 0.2) is 0 Å². The number of benzene rings is 1. The summed E-state index contributed by atoms with van der Waals surface area (Å²) in [4.78, 5) is 0. The van der Waals surface area contributed by atoms with Crippen molar-refractivity contribution >= 4 is 29.0 Å². The minimum absolute atomic E-state index is 0.607. The number of hydrogen-bond acceptors (Lipinski definition) is 2. The van der Waals surface area contributed by atoms with Gasteiger partial charge in [0.2, 0.25) is 0 Å². The molecule has 0 radical (unpaired) electrons. The van der Waals surface area contributed by atoms with Crippen LogP contribution in [0, 0.1) is 6.92 Å². The van der Waals surface area contributed by atoms with Crippen molar-refractivity contribution in [2.24, 2.45) is 0 Å². The monoisotopic (exact) mass is 281 g/mol. The fraction of sp³-hybridized carbons (Fsp3) is 0.308. The van der Waals surface area contributed by atoms with Crippen LogP contribution in [-0.2, 0) is 12.8 Å². The summed E-state index contributed by atoms with van der Waals surface area (Å²) in [6, 6.07) is 3.71. The number of nitrogens with two attached hydrogens (primary N) is 1. The van der Waals surface area contributed by atoms with Crippen molar-refractivity contribution in [3.63, 3.8) is 0 Å². The summed E-state index contributed by atoms with van der Waals surface area (Å²) in [5, 5.41) is 5.72. The first-order valence-corrected chi connectivity index (χ1v) is 6.66. The molecular weight excluding hydrogens is 269 g/mol. The van der Waals surface area contributed by atoms with Crippen LogP contribution in [0.3, 0.4) is 0 Å². The molecule has 0 saturated heterocycles. The Morgan fingerprint density at radius 1 is 1.22 bits per heavy atom. The third-order valence-corrected chi connectivity index (χ3v) is 4.13. The average molecular weight is 282 g/mol. The molecule has 2 aromatic rings. The van der Waals surface area contributed by atoms with Gasteiger partial charge in [0.25, 0.3) is 0 Å². The zero-order valence-electron chi connectivity index (χ0n) is 10.0. The van der Waals surface area contributed by atoms with Gasteiger partial charge >= 0.3 is 0 Å². The second-order valence-electron chi connectivity index (χ2n) is 4.63. The molecule has 18 heavy (non-hydrogen) atoms. The van der Waals surface area contributed by atoms with Crippen LogP contribution in [0.25, 0.3) is 5.69 Å². The Morgan fingerprint density at radius 3 is 2.78 bits per heavy atom. The van der Waals surface area contributed by atoms with Gasteiger partial charge in [-0.2, -0.15) is 5.10 Å². The number of aryl methyl sites for hydroxylation is 1. The lowest BCUT2D eigenvalue weighted by Gasteiger charge is -2.09. The summed E-state index contributed by atoms with van der Waals surface area (Å²) in [5.41, 5.74) is 10.0. The number of halogens is 2. The van der Waals surface area contributed by atoms with Crippen molar-refractivity contribution in [2.45, 2.75) is 26.2 Å². The average Bonchev–Trinajstić information content (AvgIpc) is 2.89. The Hall–Kier alpha value is -1.19. The number of anilines is 1. The highest BCUT2D eigenvalue weighted by Crippen LogP contribution is 2.33. The van der Waals surface area contributed by atoms with Crippen LogP contribution in [0.15, 0.2) is 12.1 Å². The van der Waals surface area contributed by atoms with Crippen molar-refractivity contribution in [2.75, 3.05) is 5.73 Å². The molecule has 3 nitrogen and oxygen atoms in total. The van der Waals surface area contributed by atoms with Gasteiger partial charge in [0, 0.05) is 16.3 Å². The molecule has 1 aromatic carbocycles. The van der Waals surface area contributed by atoms with E-state index in [-0.39, 0.29) is 0 Å². The summed E-state index contributed by atoms with van der Waals surface area (Å²) in [6.45, 7) is 1.93. The SMILES string of the molecule is Cc1cc(Cl)c(-n2nc(N)c3c2CCC3)cc1Cl. The topological polar surface area (TPSA) is 43.8 Å². The Labute approximate surface area is 115 Å². The molecule has 0 bridgehead atoms. The first-order chi connectivity index (χ1) is 8.58. The minimum atomic E-state index is 0.607. The standard InChI is InChI=1S/C13H13Cl2N3/c1-7-5-10(15)12(6-9(7)14)18-11-4-2-3-8(11)13(16)17-18/h5-6H,2-4H2,1H3,(H2,16,17). The van der Waals surface area contributed by atoms with Gasteiger partial charge < -0.3 is 5.73 Å². The Kier molecular flexibility index (Phi) is 2.76. The molecule has 0 atom stereocenters. The Balaban J connectivity index is 2.22. The predicted octanol–water partition coefficient (Wildman–Crippen LogP) is 3.56. The maximum atomic E-state index is 6.29. The van der Waals surface area contributed by atoms with Gasteiger partial charge in [-0.3, -0.25) is 0 Å². The summed E-state index contributed by atoms with van der Waals surface area (Å²) < 4.78 is 1.84. The highest BCUT2D eigenvalue weighted by atomic mass is 35.5. The molecule has 1 aliphatic rings. The molecule has 3 rings (SSSR count). The summed E-state index contributed by atoms with van der Waals surface area (Å²) in [6.07, 6.45) is 3.11. The maximum absolute atomic E-state index is 6.29. The fourth-order valence-corrected chi connectivity index (χ4v) is 2.92. The van der Waals surface area contributed by atoms with Crippen LogP contribution in [0.5, 0.6) is 0 Å². The van der Waals surface area contributed by atoms with E-state index >= 15 is 0 Å². The van der Waals surface area contributed by atoms with Crippen molar-refractivity contribution in [3.8, 4) is 5.69 Å². The molecule has 0 aliphatic heterocycles. The van der Waals surface area contributed by atoms with E-state index in [1.165, 1.54) is 0 Å². The molecule has 1 heterocycles. The van der Waals surface area contributed by atoms with E-state index < -0.39 is 0 Å². The molecule has 1 aromatic heterocycles. The molecule has 0 fully saturated rings. The zero-order valence-corrected chi connectivity index (χ0v) is 11.5. The third kappa shape index (κ3) is 1.70. The Bertz CT molecular complexity index is 632. The lowest BCUT2D eigenvalue weighted by Crippen LogP contribution is -2.03. The summed E-state index contributed by atoms with van der Waals surface area (Å²) >= 11 is 12.4. The Morgan fingerprint density at radius 2 is 2.00 bits per heavy atom. The van der Waals surface area contributed by atoms with E-state index in [1.807, 2.05) is 23.7 Å². The molecule has 1 aliphatic carbocycles. The molecule has 94 valence electrons. The lowest BCUT2D eigenvalue weighted by atomic mass is 10.2. The lowest BCUT2D eigenvalue weighted by molar-refractivity contribution is 0.788. The van der Waals surface area contributed by atoms with Crippen LogP contribution in [0.2, 0.25) is 10.0 Å².